The zero-order valence-corrected chi connectivity index (χ0v) is 43.3. The molecule has 0 spiro atoms. The van der Waals surface area contributed by atoms with Crippen molar-refractivity contribution in [3.63, 3.8) is 0 Å². The van der Waals surface area contributed by atoms with Gasteiger partial charge in [-0.25, -0.2) is 14.6 Å². The highest BCUT2D eigenvalue weighted by Crippen LogP contribution is 2.47. The Hall–Kier alpha value is -6.00. The standard InChI is InChI=1S/C56H71N7O9/c1-27-15-47(62(33(27)7)53(64)50(60-55(66)68-9)37-17-29(3)71-30(4)18-37)45-23-42-41-24-49-43(22-35(41)12-14-44(42)58-45)40-13-11-36(21-39(40)26-70-49)46-25-57-52(59-46)48-16-28(2)34(8)63(48)54(65)51(61-56(67)69-10)38-19-31(5)72-32(6)20-38/h11-14,21-22,24-25,27-34,37-38,47-48,50-51H,15-20,23,26H2,1-10H3,(H,57,59)(H,60,66)(H,61,67)/t27-,28-,29-,30-,31-,32-,33-,34-,47+,48-,50+,51+/m1/s1. The first kappa shape index (κ1) is 49.6. The van der Waals surface area contributed by atoms with Crippen molar-refractivity contribution >= 4 is 46.2 Å². The topological polar surface area (TPSA) is 186 Å². The molecule has 0 bridgehead atoms. The van der Waals surface area contributed by atoms with Gasteiger partial charge in [0.05, 0.1) is 68.3 Å². The normalized spacial score (nSPS) is 30.6. The van der Waals surface area contributed by atoms with Crippen LogP contribution in [0, 0.1) is 23.7 Å². The highest BCUT2D eigenvalue weighted by atomic mass is 16.5. The van der Waals surface area contributed by atoms with E-state index in [4.69, 9.17) is 33.7 Å². The van der Waals surface area contributed by atoms with Gasteiger partial charge >= 0.3 is 12.2 Å². The molecule has 6 aliphatic heterocycles. The van der Waals surface area contributed by atoms with E-state index in [1.165, 1.54) is 14.2 Å². The number of nitrogens with one attached hydrogen (secondary N) is 3. The number of rotatable bonds is 9. The Balaban J connectivity index is 0.878. The molecule has 3 aromatic carbocycles. The summed E-state index contributed by atoms with van der Waals surface area (Å²) >= 11 is 0. The van der Waals surface area contributed by atoms with Crippen LogP contribution in [0.25, 0.3) is 33.2 Å². The Bertz CT molecular complexity index is 2770. The molecule has 0 unspecified atom stereocenters. The van der Waals surface area contributed by atoms with E-state index in [9.17, 15) is 19.2 Å². The minimum atomic E-state index is -0.760. The monoisotopic (exact) mass is 986 g/mol. The average Bonchev–Trinajstić information content (AvgIpc) is 4.15. The van der Waals surface area contributed by atoms with Crippen LogP contribution in [0.3, 0.4) is 0 Å². The van der Waals surface area contributed by atoms with Crippen molar-refractivity contribution in [2.75, 3.05) is 14.2 Å². The van der Waals surface area contributed by atoms with E-state index < -0.39 is 24.3 Å². The van der Waals surface area contributed by atoms with Crippen molar-refractivity contribution in [3.8, 4) is 28.1 Å². The van der Waals surface area contributed by atoms with Crippen LogP contribution >= 0.6 is 0 Å². The number of imidazole rings is 1. The van der Waals surface area contributed by atoms with Gasteiger partial charge in [-0.3, -0.25) is 14.6 Å². The number of carbonyl (C=O) groups excluding carboxylic acids is 4. The number of hydrogen-bond donors (Lipinski definition) is 3. The molecule has 0 saturated carbocycles. The zero-order chi connectivity index (χ0) is 50.9. The van der Waals surface area contributed by atoms with Gasteiger partial charge in [0, 0.05) is 29.8 Å². The predicted octanol–water partition coefficient (Wildman–Crippen LogP) is 9.20. The van der Waals surface area contributed by atoms with E-state index >= 15 is 0 Å². The van der Waals surface area contributed by atoms with Crippen LogP contribution in [0.2, 0.25) is 0 Å². The van der Waals surface area contributed by atoms with Gasteiger partial charge in [-0.1, -0.05) is 32.0 Å². The number of nitrogens with zero attached hydrogens (tertiary/aromatic N) is 4. The number of amides is 4. The Morgan fingerprint density at radius 3 is 1.85 bits per heavy atom. The Morgan fingerprint density at radius 1 is 0.694 bits per heavy atom. The number of likely N-dealkylation sites (tertiary alicyclic amines) is 2. The first-order valence-electron chi connectivity index (χ1n) is 26.1. The van der Waals surface area contributed by atoms with Crippen molar-refractivity contribution in [2.45, 2.75) is 168 Å². The fraction of sp³-hybridized carbons (Fsp3) is 0.571. The third-order valence-electron chi connectivity index (χ3n) is 17.0. The molecular weight excluding hydrogens is 915 g/mol. The second-order valence-corrected chi connectivity index (χ2v) is 21.9. The van der Waals surface area contributed by atoms with Crippen molar-refractivity contribution in [1.29, 1.82) is 0 Å². The summed E-state index contributed by atoms with van der Waals surface area (Å²) in [5.41, 5.74) is 7.96. The van der Waals surface area contributed by atoms with Crippen LogP contribution in [0.5, 0.6) is 5.75 Å². The van der Waals surface area contributed by atoms with Crippen LogP contribution < -0.4 is 15.4 Å². The largest absolute Gasteiger partial charge is 0.488 e. The summed E-state index contributed by atoms with van der Waals surface area (Å²) in [5.74, 6) is 1.53. The van der Waals surface area contributed by atoms with E-state index in [1.54, 1.807) is 0 Å². The number of alkyl carbamates (subject to hydrolysis) is 2. The Labute approximate surface area is 422 Å². The van der Waals surface area contributed by atoms with Gasteiger partial charge in [0.1, 0.15) is 30.3 Å². The summed E-state index contributed by atoms with van der Waals surface area (Å²) < 4.78 is 28.6. The molecule has 3 N–H and O–H groups in total. The number of ether oxygens (including phenoxy) is 5. The van der Waals surface area contributed by atoms with Gasteiger partial charge in [0.15, 0.2) is 0 Å². The SMILES string of the molecule is COC(=O)N[C@H](C(=O)N1[C@@H](c2ncc(-c3ccc4c(c3)COc3cc5c6c(ccc5cc3-4)N=C([C@@H]3C[C@@H](C)[C@@H](C)N3C(=O)[C@@H](NC(=O)OC)C3C[C@@H](C)O[C@H](C)C3)C6)[nH]2)C[C@@H](C)[C@H]1C)C1C[C@@H](C)O[C@H](C)C1. The van der Waals surface area contributed by atoms with Gasteiger partial charge in [-0.15, -0.1) is 0 Å². The minimum Gasteiger partial charge on any atom is -0.488 e. The van der Waals surface area contributed by atoms with Crippen LogP contribution in [0.4, 0.5) is 15.3 Å². The third kappa shape index (κ3) is 9.22. The molecule has 1 aromatic heterocycles. The highest BCUT2D eigenvalue weighted by molar-refractivity contribution is 6.07. The fourth-order valence-corrected chi connectivity index (χ4v) is 13.1. The lowest BCUT2D eigenvalue weighted by molar-refractivity contribution is -0.141. The summed E-state index contributed by atoms with van der Waals surface area (Å²) in [4.78, 5) is 72.5. The van der Waals surface area contributed by atoms with Gasteiger partial charge in [0.2, 0.25) is 11.8 Å². The molecule has 16 nitrogen and oxygen atoms in total. The maximum atomic E-state index is 14.8. The molecule has 384 valence electrons. The van der Waals surface area contributed by atoms with E-state index in [-0.39, 0.29) is 84.1 Å². The smallest absolute Gasteiger partial charge is 0.407 e. The lowest BCUT2D eigenvalue weighted by Gasteiger charge is -2.39. The first-order valence-corrected chi connectivity index (χ1v) is 26.1. The molecule has 16 heteroatoms. The van der Waals surface area contributed by atoms with E-state index in [0.29, 0.717) is 44.5 Å². The lowest BCUT2D eigenvalue weighted by Crippen LogP contribution is -2.57. The fourth-order valence-electron chi connectivity index (χ4n) is 13.1. The number of H-pyrrole nitrogens is 1. The second kappa shape index (κ2) is 19.8. The van der Waals surface area contributed by atoms with Crippen molar-refractivity contribution in [3.05, 3.63) is 65.6 Å². The summed E-state index contributed by atoms with van der Waals surface area (Å²) in [6, 6.07) is 12.8. The summed E-state index contributed by atoms with van der Waals surface area (Å²) in [7, 11) is 2.65. The number of aromatic nitrogens is 2. The molecule has 10 rings (SSSR count). The molecule has 0 radical (unpaired) electrons. The van der Waals surface area contributed by atoms with Crippen LogP contribution in [0.15, 0.2) is 53.7 Å². The minimum absolute atomic E-state index is 0.0312. The summed E-state index contributed by atoms with van der Waals surface area (Å²) in [5, 5.41) is 8.00. The van der Waals surface area contributed by atoms with Crippen LogP contribution in [-0.2, 0) is 41.6 Å². The molecule has 4 amide bonds. The number of hydrogen-bond acceptors (Lipinski definition) is 11. The Kier molecular flexibility index (Phi) is 13.6. The van der Waals surface area contributed by atoms with Crippen molar-refractivity contribution < 1.29 is 42.9 Å². The molecule has 12 atom stereocenters. The third-order valence-corrected chi connectivity index (χ3v) is 17.0. The van der Waals surface area contributed by atoms with Gasteiger partial charge in [0.25, 0.3) is 0 Å². The van der Waals surface area contributed by atoms with E-state index in [0.717, 1.165) is 74.3 Å². The Morgan fingerprint density at radius 2 is 1.26 bits per heavy atom. The first-order chi connectivity index (χ1) is 34.5. The molecule has 4 fully saturated rings. The van der Waals surface area contributed by atoms with Crippen molar-refractivity contribution in [2.24, 2.45) is 28.7 Å². The quantitative estimate of drug-likeness (QED) is 0.146. The number of benzene rings is 3. The molecule has 72 heavy (non-hydrogen) atoms. The lowest BCUT2D eigenvalue weighted by atomic mass is 9.85. The molecule has 7 heterocycles. The zero-order valence-electron chi connectivity index (χ0n) is 43.3. The number of aliphatic imine (C=N–C) groups is 1. The van der Waals surface area contributed by atoms with E-state index in [2.05, 4.69) is 85.8 Å². The molecular formula is C56H71N7O9. The molecule has 6 aliphatic rings. The summed E-state index contributed by atoms with van der Waals surface area (Å²) in [6.07, 6.45) is 5.21. The average molecular weight is 986 g/mol. The van der Waals surface area contributed by atoms with Gasteiger partial charge < -0.3 is 49.1 Å². The second-order valence-electron chi connectivity index (χ2n) is 21.9. The van der Waals surface area contributed by atoms with Crippen molar-refractivity contribution in [1.82, 2.24) is 30.4 Å². The summed E-state index contributed by atoms with van der Waals surface area (Å²) in [6.45, 7) is 17.0. The van der Waals surface area contributed by atoms with Crippen LogP contribution in [0.1, 0.15) is 117 Å². The predicted molar refractivity (Wildman–Crippen MR) is 273 cm³/mol. The maximum absolute atomic E-state index is 14.8. The number of fused-ring (bicyclic) bond motifs is 6. The molecule has 4 saturated heterocycles. The van der Waals surface area contributed by atoms with Gasteiger partial charge in [-0.2, -0.15) is 0 Å². The van der Waals surface area contributed by atoms with Crippen LogP contribution in [-0.4, -0.2) is 118 Å². The molecule has 0 aliphatic carbocycles. The molecule has 4 aromatic rings. The van der Waals surface area contributed by atoms with Gasteiger partial charge in [-0.05, 0) is 161 Å². The van der Waals surface area contributed by atoms with E-state index in [1.807, 2.05) is 43.7 Å². The number of methoxy groups -OCH3 is 2. The number of carbonyl (C=O) groups is 4. The highest BCUT2D eigenvalue weighted by Gasteiger charge is 2.49. The number of aromatic amines is 1. The maximum Gasteiger partial charge on any atom is 0.407 e.